The van der Waals surface area contributed by atoms with Gasteiger partial charge >= 0.3 is 38.2 Å². The molecule has 52 valence electrons. The molecule has 0 rings (SSSR count). The van der Waals surface area contributed by atoms with Crippen LogP contribution in [-0.2, 0) is 0 Å². The minimum absolute atomic E-state index is 0. The van der Waals surface area contributed by atoms with Crippen molar-refractivity contribution in [2.24, 2.45) is 0 Å². The van der Waals surface area contributed by atoms with Crippen molar-refractivity contribution in [3.63, 3.8) is 0 Å². The van der Waals surface area contributed by atoms with Crippen molar-refractivity contribution in [3.8, 4) is 0 Å². The van der Waals surface area contributed by atoms with Gasteiger partial charge in [-0.2, -0.15) is 19.6 Å². The van der Waals surface area contributed by atoms with Crippen LogP contribution in [-0.4, -0.2) is 23.5 Å². The summed E-state index contributed by atoms with van der Waals surface area (Å²) >= 11 is 0. The van der Waals surface area contributed by atoms with Crippen LogP contribution in [0.2, 0.25) is 19.6 Å². The first-order valence-corrected chi connectivity index (χ1v) is 6.30. The SMILES string of the molecule is C[Si-](C)C.OP(O)O.[Na+]. The summed E-state index contributed by atoms with van der Waals surface area (Å²) in [5, 5.41) is 0. The Bertz CT molecular complexity index is 34.5. The normalized spacial score (nSPS) is 8.00. The van der Waals surface area contributed by atoms with Crippen LogP contribution in [0.25, 0.3) is 0 Å². The van der Waals surface area contributed by atoms with Gasteiger partial charge in [0.15, 0.2) is 0 Å². The summed E-state index contributed by atoms with van der Waals surface area (Å²) < 4.78 is 0. The first-order chi connectivity index (χ1) is 3.46. The molecule has 0 aromatic heterocycles. The Labute approximate surface area is 81.0 Å². The molecule has 0 aliphatic heterocycles. The second kappa shape index (κ2) is 12.2. The van der Waals surface area contributed by atoms with E-state index in [1.54, 1.807) is 0 Å². The number of hydrogen-bond donors (Lipinski definition) is 3. The Morgan fingerprint density at radius 2 is 1.00 bits per heavy atom. The van der Waals surface area contributed by atoms with Gasteiger partial charge in [-0.25, -0.2) is 0 Å². The quantitative estimate of drug-likeness (QED) is 0.285. The second-order valence-electron chi connectivity index (χ2n) is 1.77. The van der Waals surface area contributed by atoms with Gasteiger partial charge in [0.1, 0.15) is 0 Å². The maximum Gasteiger partial charge on any atom is 1.00 e. The molecule has 0 amide bonds. The van der Waals surface area contributed by atoms with E-state index in [1.165, 1.54) is 0 Å². The average molecular weight is 178 g/mol. The summed E-state index contributed by atoms with van der Waals surface area (Å²) in [6.45, 7) is 6.81. The average Bonchev–Trinajstić information content (AvgIpc) is 1.25. The molecule has 0 aromatic rings. The van der Waals surface area contributed by atoms with Crippen LogP contribution in [0, 0.1) is 0 Å². The van der Waals surface area contributed by atoms with Crippen molar-refractivity contribution in [2.75, 3.05) is 0 Å². The first kappa shape index (κ1) is 16.9. The van der Waals surface area contributed by atoms with Gasteiger partial charge in [0, 0.05) is 0 Å². The van der Waals surface area contributed by atoms with Crippen LogP contribution in [0.1, 0.15) is 0 Å². The Kier molecular flexibility index (Phi) is 22.9. The van der Waals surface area contributed by atoms with Crippen molar-refractivity contribution >= 4 is 17.4 Å². The van der Waals surface area contributed by atoms with E-state index in [2.05, 4.69) is 19.6 Å². The third-order valence-electron chi connectivity index (χ3n) is 0. The number of hydrogen-bond acceptors (Lipinski definition) is 3. The molecule has 9 heavy (non-hydrogen) atoms. The minimum Gasteiger partial charge on any atom is -0.328 e. The van der Waals surface area contributed by atoms with Crippen LogP contribution in [0.5, 0.6) is 0 Å². The van der Waals surface area contributed by atoms with Gasteiger partial charge in [-0.05, 0) is 0 Å². The third kappa shape index (κ3) is 232. The van der Waals surface area contributed by atoms with E-state index in [0.29, 0.717) is 0 Å². The summed E-state index contributed by atoms with van der Waals surface area (Å²) in [6.07, 6.45) is 0. The standard InChI is InChI=1S/C3H9Si.Na.H3O3P/c1-4(2)3;;1-4(2)3/h1-3H3;;1-3H/q-1;+1;. The summed E-state index contributed by atoms with van der Waals surface area (Å²) in [6, 6.07) is 0. The Morgan fingerprint density at radius 1 is 1.00 bits per heavy atom. The molecular formula is C3H12NaO3PSi. The van der Waals surface area contributed by atoms with Gasteiger partial charge in [0.05, 0.1) is 0 Å². The maximum atomic E-state index is 7.23. The van der Waals surface area contributed by atoms with Crippen LogP contribution < -0.4 is 29.6 Å². The zero-order valence-corrected chi connectivity index (χ0v) is 10.2. The molecule has 0 atom stereocenters. The van der Waals surface area contributed by atoms with Crippen LogP contribution >= 0.6 is 8.60 Å². The molecular weight excluding hydrogens is 166 g/mol. The zero-order valence-electron chi connectivity index (χ0n) is 6.29. The maximum absolute atomic E-state index is 7.23. The first-order valence-electron chi connectivity index (χ1n) is 2.10. The molecule has 0 heterocycles. The van der Waals surface area contributed by atoms with Gasteiger partial charge in [-0.1, -0.05) is 0 Å². The van der Waals surface area contributed by atoms with Gasteiger partial charge in [-0.3, -0.25) is 8.80 Å². The molecule has 0 saturated heterocycles. The summed E-state index contributed by atoms with van der Waals surface area (Å²) in [5.41, 5.74) is 0. The third-order valence-corrected chi connectivity index (χ3v) is 0. The van der Waals surface area contributed by atoms with Gasteiger partial charge < -0.3 is 14.7 Å². The fraction of sp³-hybridized carbons (Fsp3) is 1.00. The largest absolute Gasteiger partial charge is 1.00 e. The molecule has 0 saturated carbocycles. The molecule has 0 aliphatic carbocycles. The smallest absolute Gasteiger partial charge is 0.328 e. The van der Waals surface area contributed by atoms with E-state index in [9.17, 15) is 0 Å². The Hall–Kier alpha value is 1.53. The van der Waals surface area contributed by atoms with E-state index >= 15 is 0 Å². The van der Waals surface area contributed by atoms with Crippen molar-refractivity contribution in [1.29, 1.82) is 0 Å². The molecule has 0 bridgehead atoms. The van der Waals surface area contributed by atoms with Crippen molar-refractivity contribution < 1.29 is 44.2 Å². The van der Waals surface area contributed by atoms with Gasteiger partial charge in [0.25, 0.3) is 0 Å². The molecule has 6 heteroatoms. The Balaban J connectivity index is -0.0000000720. The van der Waals surface area contributed by atoms with Gasteiger partial charge in [0.2, 0.25) is 0 Å². The van der Waals surface area contributed by atoms with Crippen molar-refractivity contribution in [1.82, 2.24) is 0 Å². The summed E-state index contributed by atoms with van der Waals surface area (Å²) in [4.78, 5) is 21.7. The van der Waals surface area contributed by atoms with Gasteiger partial charge in [-0.15, -0.1) is 0 Å². The topological polar surface area (TPSA) is 60.7 Å². The van der Waals surface area contributed by atoms with Crippen molar-refractivity contribution in [2.45, 2.75) is 19.6 Å². The monoisotopic (exact) mass is 178 g/mol. The number of rotatable bonds is 0. The fourth-order valence-corrected chi connectivity index (χ4v) is 0. The van der Waals surface area contributed by atoms with Crippen molar-refractivity contribution in [3.05, 3.63) is 0 Å². The molecule has 0 aromatic carbocycles. The molecule has 0 fully saturated rings. The van der Waals surface area contributed by atoms with Crippen LogP contribution in [0.3, 0.4) is 0 Å². The van der Waals surface area contributed by atoms with E-state index in [-0.39, 0.29) is 38.4 Å². The minimum atomic E-state index is -2.62. The van der Waals surface area contributed by atoms with Crippen LogP contribution in [0.15, 0.2) is 0 Å². The molecule has 0 radical (unpaired) electrons. The molecule has 3 nitrogen and oxygen atoms in total. The van der Waals surface area contributed by atoms with Crippen LogP contribution in [0.4, 0.5) is 0 Å². The zero-order chi connectivity index (χ0) is 7.15. The fourth-order valence-electron chi connectivity index (χ4n) is 0. The molecule has 0 unspecified atom stereocenters. The molecule has 3 N–H and O–H groups in total. The Morgan fingerprint density at radius 3 is 1.00 bits per heavy atom. The predicted octanol–water partition coefficient (Wildman–Crippen LogP) is -2.44. The molecule has 0 aliphatic rings. The molecule has 0 spiro atoms. The van der Waals surface area contributed by atoms with E-state index in [4.69, 9.17) is 14.7 Å². The summed E-state index contributed by atoms with van der Waals surface area (Å²) in [5.74, 6) is 0. The van der Waals surface area contributed by atoms with E-state index in [1.807, 2.05) is 0 Å². The summed E-state index contributed by atoms with van der Waals surface area (Å²) in [7, 11) is -2.50. The second-order valence-corrected chi connectivity index (χ2v) is 5.30. The van der Waals surface area contributed by atoms with E-state index < -0.39 is 8.60 Å². The predicted molar refractivity (Wildman–Crippen MR) is 36.9 cm³/mol. The van der Waals surface area contributed by atoms with E-state index in [0.717, 1.165) is 0 Å².